The molecule has 0 spiro atoms. The maximum Gasteiger partial charge on any atom is 0.177 e. The van der Waals surface area contributed by atoms with Crippen LogP contribution in [0.25, 0.3) is 50.6 Å². The number of para-hydroxylation sites is 1. The Kier molecular flexibility index (Phi) is 7.74. The van der Waals surface area contributed by atoms with Crippen LogP contribution in [-0.4, -0.2) is 15.0 Å². The van der Waals surface area contributed by atoms with Crippen molar-refractivity contribution < 1.29 is 9.47 Å². The molecule has 5 nitrogen and oxygen atoms in total. The third-order valence-corrected chi connectivity index (χ3v) is 10.8. The van der Waals surface area contributed by atoms with Crippen molar-refractivity contribution in [3.05, 3.63) is 204 Å². The van der Waals surface area contributed by atoms with Crippen molar-refractivity contribution in [2.75, 3.05) is 0 Å². The molecule has 2 heterocycles. The SMILES string of the molecule is C/C=C(\C)c1nc(-c2ccccc2)nc(-c2ccc(-c3cccc4c3Oc3cc5c(cc3O4)C(c3ccccc3)(c3ccccc3)c3ccccc3-5)cc2)n1. The summed E-state index contributed by atoms with van der Waals surface area (Å²) in [4.78, 5) is 14.5. The van der Waals surface area contributed by atoms with Gasteiger partial charge in [-0.05, 0) is 76.6 Å². The van der Waals surface area contributed by atoms with Gasteiger partial charge >= 0.3 is 0 Å². The van der Waals surface area contributed by atoms with Crippen LogP contribution in [0, 0.1) is 0 Å². The molecule has 0 bridgehead atoms. The van der Waals surface area contributed by atoms with E-state index in [1.807, 2.05) is 62.4 Å². The summed E-state index contributed by atoms with van der Waals surface area (Å²) < 4.78 is 13.6. The summed E-state index contributed by atoms with van der Waals surface area (Å²) >= 11 is 0. The smallest absolute Gasteiger partial charge is 0.177 e. The number of fused-ring (bicyclic) bond motifs is 5. The lowest BCUT2D eigenvalue weighted by Crippen LogP contribution is -2.28. The molecule has 10 rings (SSSR count). The fourth-order valence-electron chi connectivity index (χ4n) is 8.09. The minimum Gasteiger partial charge on any atom is -0.449 e. The topological polar surface area (TPSA) is 57.1 Å². The van der Waals surface area contributed by atoms with Crippen LogP contribution in [-0.2, 0) is 5.41 Å². The van der Waals surface area contributed by atoms with E-state index in [-0.39, 0.29) is 0 Å². The maximum absolute atomic E-state index is 6.85. The normalized spacial score (nSPS) is 13.5. The molecule has 7 aromatic carbocycles. The molecular weight excluding hydrogens is 675 g/mol. The first-order chi connectivity index (χ1) is 27.1. The first-order valence-corrected chi connectivity index (χ1v) is 18.6. The van der Waals surface area contributed by atoms with E-state index in [1.165, 1.54) is 27.8 Å². The second kappa shape index (κ2) is 13.1. The van der Waals surface area contributed by atoms with Crippen LogP contribution >= 0.6 is 0 Å². The van der Waals surface area contributed by atoms with E-state index in [0.717, 1.165) is 33.4 Å². The van der Waals surface area contributed by atoms with E-state index in [4.69, 9.17) is 24.4 Å². The Bertz CT molecular complexity index is 2720. The summed E-state index contributed by atoms with van der Waals surface area (Å²) in [5, 5.41) is 0. The Labute approximate surface area is 320 Å². The molecule has 5 heteroatoms. The predicted octanol–water partition coefficient (Wildman–Crippen LogP) is 12.6. The van der Waals surface area contributed by atoms with Crippen molar-refractivity contribution in [1.82, 2.24) is 15.0 Å². The highest BCUT2D eigenvalue weighted by atomic mass is 16.6. The summed E-state index contributed by atoms with van der Waals surface area (Å²) in [5.41, 5.74) is 11.4. The highest BCUT2D eigenvalue weighted by Gasteiger charge is 2.47. The van der Waals surface area contributed by atoms with Crippen molar-refractivity contribution in [1.29, 1.82) is 0 Å². The van der Waals surface area contributed by atoms with Crippen LogP contribution in [0.15, 0.2) is 176 Å². The van der Waals surface area contributed by atoms with Crippen molar-refractivity contribution in [3.8, 4) is 68.0 Å². The van der Waals surface area contributed by atoms with Gasteiger partial charge in [0.05, 0.1) is 5.41 Å². The predicted molar refractivity (Wildman–Crippen MR) is 219 cm³/mol. The molecule has 1 aliphatic heterocycles. The third-order valence-electron chi connectivity index (χ3n) is 10.8. The molecule has 0 N–H and O–H groups in total. The van der Waals surface area contributed by atoms with Gasteiger partial charge in [-0.3, -0.25) is 0 Å². The molecule has 1 aromatic heterocycles. The van der Waals surface area contributed by atoms with Crippen molar-refractivity contribution in [3.63, 3.8) is 0 Å². The summed E-state index contributed by atoms with van der Waals surface area (Å²) in [5.74, 6) is 4.67. The van der Waals surface area contributed by atoms with Crippen LogP contribution in [0.3, 0.4) is 0 Å². The lowest BCUT2D eigenvalue weighted by atomic mass is 9.67. The lowest BCUT2D eigenvalue weighted by Gasteiger charge is -2.34. The van der Waals surface area contributed by atoms with Gasteiger partial charge in [-0.25, -0.2) is 15.0 Å². The van der Waals surface area contributed by atoms with Gasteiger partial charge in [0.2, 0.25) is 0 Å². The van der Waals surface area contributed by atoms with Crippen molar-refractivity contribution >= 4 is 5.57 Å². The molecule has 0 amide bonds. The maximum atomic E-state index is 6.85. The standard InChI is InChI=1S/C50H35N3O2/c1-3-32(2)47-51-48(34-16-7-4-8-17-34)53-49(52-47)35-28-26-33(27-29-35)38-23-15-25-43-46(38)55-44-30-40-39-22-13-14-24-41(39)50(36-18-9-5-10-19-36,37-20-11-6-12-21-37)42(40)31-45(44)54-43/h3-31H,1-2H3/b32-3+. The molecule has 0 saturated heterocycles. The fourth-order valence-corrected chi connectivity index (χ4v) is 8.09. The number of aromatic nitrogens is 3. The minimum atomic E-state index is -0.524. The Balaban J connectivity index is 1.05. The second-order valence-corrected chi connectivity index (χ2v) is 13.9. The zero-order valence-electron chi connectivity index (χ0n) is 30.4. The van der Waals surface area contributed by atoms with E-state index in [0.29, 0.717) is 40.5 Å². The molecule has 55 heavy (non-hydrogen) atoms. The molecule has 2 aliphatic rings. The van der Waals surface area contributed by atoms with Crippen molar-refractivity contribution in [2.45, 2.75) is 19.3 Å². The Morgan fingerprint density at radius 2 is 1.04 bits per heavy atom. The van der Waals surface area contributed by atoms with Gasteiger partial charge in [0.15, 0.2) is 40.5 Å². The molecule has 0 fully saturated rings. The number of nitrogens with zero attached hydrogens (tertiary/aromatic N) is 3. The molecule has 0 unspecified atom stereocenters. The molecule has 1 aliphatic carbocycles. The summed E-state index contributed by atoms with van der Waals surface area (Å²) in [7, 11) is 0. The highest BCUT2D eigenvalue weighted by Crippen LogP contribution is 2.60. The van der Waals surface area contributed by atoms with Gasteiger partial charge < -0.3 is 9.47 Å². The highest BCUT2D eigenvalue weighted by molar-refractivity contribution is 5.89. The van der Waals surface area contributed by atoms with E-state index in [2.05, 4.69) is 127 Å². The quantitative estimate of drug-likeness (QED) is 0.172. The minimum absolute atomic E-state index is 0.524. The monoisotopic (exact) mass is 709 g/mol. The van der Waals surface area contributed by atoms with E-state index in [1.54, 1.807) is 0 Å². The van der Waals surface area contributed by atoms with Gasteiger partial charge in [-0.1, -0.05) is 158 Å². The zero-order valence-corrected chi connectivity index (χ0v) is 30.4. The van der Waals surface area contributed by atoms with Gasteiger partial charge in [0, 0.05) is 16.7 Å². The van der Waals surface area contributed by atoms with Crippen LogP contribution in [0.1, 0.15) is 41.9 Å². The summed E-state index contributed by atoms with van der Waals surface area (Å²) in [6.45, 7) is 4.01. The second-order valence-electron chi connectivity index (χ2n) is 13.9. The van der Waals surface area contributed by atoms with Gasteiger partial charge in [0.1, 0.15) is 0 Å². The number of hydrogen-bond donors (Lipinski definition) is 0. The molecule has 262 valence electrons. The molecule has 0 saturated carbocycles. The molecule has 8 aromatic rings. The van der Waals surface area contributed by atoms with Crippen LogP contribution < -0.4 is 9.47 Å². The summed E-state index contributed by atoms with van der Waals surface area (Å²) in [6, 6.07) is 59.0. The number of hydrogen-bond acceptors (Lipinski definition) is 5. The van der Waals surface area contributed by atoms with Crippen LogP contribution in [0.2, 0.25) is 0 Å². The molecule has 0 atom stereocenters. The zero-order chi connectivity index (χ0) is 36.9. The fraction of sp³-hybridized carbons (Fsp3) is 0.0600. The van der Waals surface area contributed by atoms with E-state index < -0.39 is 5.41 Å². The van der Waals surface area contributed by atoms with Crippen molar-refractivity contribution in [2.24, 2.45) is 0 Å². The first kappa shape index (κ1) is 32.5. The average molecular weight is 710 g/mol. The molecule has 0 radical (unpaired) electrons. The average Bonchev–Trinajstić information content (AvgIpc) is 3.55. The Morgan fingerprint density at radius 3 is 1.71 bits per heavy atom. The third kappa shape index (κ3) is 5.27. The molecular formula is C50H35N3O2. The number of benzene rings is 7. The van der Waals surface area contributed by atoms with Gasteiger partial charge in [-0.15, -0.1) is 0 Å². The van der Waals surface area contributed by atoms with Gasteiger partial charge in [0.25, 0.3) is 0 Å². The lowest BCUT2D eigenvalue weighted by molar-refractivity contribution is 0.360. The van der Waals surface area contributed by atoms with Crippen LogP contribution in [0.5, 0.6) is 23.0 Å². The first-order valence-electron chi connectivity index (χ1n) is 18.6. The van der Waals surface area contributed by atoms with Crippen LogP contribution in [0.4, 0.5) is 0 Å². The number of allylic oxidation sites excluding steroid dienone is 2. The number of ether oxygens (including phenoxy) is 2. The van der Waals surface area contributed by atoms with Gasteiger partial charge in [-0.2, -0.15) is 0 Å². The van der Waals surface area contributed by atoms with E-state index >= 15 is 0 Å². The summed E-state index contributed by atoms with van der Waals surface area (Å²) in [6.07, 6.45) is 2.02. The van der Waals surface area contributed by atoms with E-state index in [9.17, 15) is 0 Å². The largest absolute Gasteiger partial charge is 0.449 e. The Morgan fingerprint density at radius 1 is 0.473 bits per heavy atom. The Hall–Kier alpha value is -7.11. The number of rotatable bonds is 6.